The number of nitrogens with one attached hydrogen (secondary N) is 1. The van der Waals surface area contributed by atoms with Crippen LogP contribution in [0.2, 0.25) is 0 Å². The van der Waals surface area contributed by atoms with Crippen LogP contribution in [0.5, 0.6) is 0 Å². The second-order valence-corrected chi connectivity index (χ2v) is 8.64. The molecule has 0 atom stereocenters. The Bertz CT molecular complexity index is 969. The number of hydrogen-bond donors (Lipinski definition) is 1. The van der Waals surface area contributed by atoms with E-state index in [-0.39, 0.29) is 16.6 Å². The van der Waals surface area contributed by atoms with Crippen LogP contribution in [0.15, 0.2) is 58.4 Å². The zero-order valence-corrected chi connectivity index (χ0v) is 17.8. The molecule has 1 N–H and O–H groups in total. The Hall–Kier alpha value is -2.86. The van der Waals surface area contributed by atoms with Gasteiger partial charge in [-0.25, -0.2) is 9.79 Å². The van der Waals surface area contributed by atoms with Gasteiger partial charge in [0.25, 0.3) is 5.24 Å². The molecule has 29 heavy (non-hydrogen) atoms. The van der Waals surface area contributed by atoms with Crippen molar-refractivity contribution < 1.29 is 14.3 Å². The Morgan fingerprint density at radius 3 is 2.34 bits per heavy atom. The lowest BCUT2D eigenvalue weighted by molar-refractivity contribution is 0.0526. The first-order chi connectivity index (χ1) is 13.8. The first-order valence-corrected chi connectivity index (χ1v) is 10.3. The van der Waals surface area contributed by atoms with Crippen molar-refractivity contribution in [2.75, 3.05) is 6.61 Å². The lowest BCUT2D eigenvalue weighted by Crippen LogP contribution is -2.18. The van der Waals surface area contributed by atoms with E-state index in [9.17, 15) is 9.59 Å². The number of carbonyl (C=O) groups is 2. The van der Waals surface area contributed by atoms with Gasteiger partial charge in [-0.2, -0.15) is 0 Å². The molecule has 0 saturated carbocycles. The molecule has 6 heteroatoms. The molecular formula is C23H24N2O3S. The monoisotopic (exact) mass is 408 g/mol. The third-order valence-electron chi connectivity index (χ3n) is 4.35. The molecule has 1 amide bonds. The molecule has 1 aliphatic heterocycles. The molecule has 0 radical (unpaired) electrons. The molecular weight excluding hydrogens is 384 g/mol. The van der Waals surface area contributed by atoms with Crippen LogP contribution in [0.4, 0.5) is 10.5 Å². The zero-order valence-electron chi connectivity index (χ0n) is 17.0. The highest BCUT2D eigenvalue weighted by Crippen LogP contribution is 2.29. The summed E-state index contributed by atoms with van der Waals surface area (Å²) in [6.07, 6.45) is 1.95. The maximum absolute atomic E-state index is 11.9. The number of amidine groups is 1. The predicted octanol–water partition coefficient (Wildman–Crippen LogP) is 5.69. The van der Waals surface area contributed by atoms with E-state index < -0.39 is 0 Å². The Labute approximate surface area is 175 Å². The molecule has 1 heterocycles. The molecule has 0 aromatic heterocycles. The summed E-state index contributed by atoms with van der Waals surface area (Å²) in [5.41, 5.74) is 3.46. The maximum Gasteiger partial charge on any atom is 0.338 e. The summed E-state index contributed by atoms with van der Waals surface area (Å²) in [4.78, 5) is 29.0. The van der Waals surface area contributed by atoms with Crippen molar-refractivity contribution in [2.24, 2.45) is 4.99 Å². The molecule has 2 aromatic carbocycles. The molecule has 1 fully saturated rings. The van der Waals surface area contributed by atoms with Gasteiger partial charge in [-0.15, -0.1) is 0 Å². The first kappa shape index (κ1) is 20.9. The fourth-order valence-corrected chi connectivity index (χ4v) is 3.49. The minimum absolute atomic E-state index is 0.0909. The van der Waals surface area contributed by atoms with E-state index in [0.717, 1.165) is 22.2 Å². The van der Waals surface area contributed by atoms with E-state index in [0.29, 0.717) is 23.7 Å². The van der Waals surface area contributed by atoms with Crippen LogP contribution in [0.1, 0.15) is 49.2 Å². The highest BCUT2D eigenvalue weighted by molar-refractivity contribution is 8.18. The van der Waals surface area contributed by atoms with Crippen LogP contribution >= 0.6 is 11.8 Å². The van der Waals surface area contributed by atoms with Crippen molar-refractivity contribution in [1.82, 2.24) is 5.32 Å². The summed E-state index contributed by atoms with van der Waals surface area (Å²) < 4.78 is 4.98. The topological polar surface area (TPSA) is 67.8 Å². The molecule has 1 aliphatic rings. The number of benzene rings is 2. The van der Waals surface area contributed by atoms with Crippen LogP contribution in [0, 0.1) is 0 Å². The summed E-state index contributed by atoms with van der Waals surface area (Å²) in [6, 6.07) is 15.1. The molecule has 0 aliphatic carbocycles. The van der Waals surface area contributed by atoms with Crippen LogP contribution in [-0.4, -0.2) is 23.7 Å². The van der Waals surface area contributed by atoms with Crippen LogP contribution < -0.4 is 5.32 Å². The Kier molecular flexibility index (Phi) is 6.23. The van der Waals surface area contributed by atoms with Gasteiger partial charge in [0.2, 0.25) is 0 Å². The third kappa shape index (κ3) is 5.35. The molecule has 5 nitrogen and oxygen atoms in total. The van der Waals surface area contributed by atoms with Gasteiger partial charge in [0, 0.05) is 0 Å². The Morgan fingerprint density at radius 1 is 1.10 bits per heavy atom. The van der Waals surface area contributed by atoms with E-state index in [1.807, 2.05) is 18.2 Å². The van der Waals surface area contributed by atoms with E-state index in [2.05, 4.69) is 43.2 Å². The van der Waals surface area contributed by atoms with Crippen molar-refractivity contribution >= 4 is 40.6 Å². The summed E-state index contributed by atoms with van der Waals surface area (Å²) in [6.45, 7) is 8.62. The van der Waals surface area contributed by atoms with Gasteiger partial charge in [-0.05, 0) is 65.6 Å². The lowest BCUT2D eigenvalue weighted by Gasteiger charge is -2.18. The summed E-state index contributed by atoms with van der Waals surface area (Å²) >= 11 is 1.12. The van der Waals surface area contributed by atoms with Crippen molar-refractivity contribution in [3.8, 4) is 0 Å². The third-order valence-corrected chi connectivity index (χ3v) is 5.17. The molecule has 0 unspecified atom stereocenters. The smallest absolute Gasteiger partial charge is 0.338 e. The Balaban J connectivity index is 1.83. The normalized spacial score (nSPS) is 16.9. The first-order valence-electron chi connectivity index (χ1n) is 9.43. The van der Waals surface area contributed by atoms with Crippen LogP contribution in [-0.2, 0) is 10.2 Å². The van der Waals surface area contributed by atoms with Gasteiger partial charge >= 0.3 is 5.97 Å². The van der Waals surface area contributed by atoms with Crippen molar-refractivity contribution in [3.05, 3.63) is 70.1 Å². The van der Waals surface area contributed by atoms with Gasteiger partial charge in [0.05, 0.1) is 22.8 Å². The number of ether oxygens (including phenoxy) is 1. The second kappa shape index (κ2) is 8.66. The number of rotatable bonds is 4. The summed E-state index contributed by atoms with van der Waals surface area (Å²) in [7, 11) is 0. The van der Waals surface area contributed by atoms with Gasteiger partial charge in [-0.3, -0.25) is 4.79 Å². The number of carbonyl (C=O) groups excluding carboxylic acids is 2. The SMILES string of the molecule is CCOC(=O)c1ccc(N=C2NC(=O)S/C2=C\c2ccc(C(C)(C)C)cc2)cc1. The second-order valence-electron chi connectivity index (χ2n) is 7.62. The number of nitrogens with zero attached hydrogens (tertiary/aromatic N) is 1. The van der Waals surface area contributed by atoms with Crippen LogP contribution in [0.3, 0.4) is 0 Å². The highest BCUT2D eigenvalue weighted by atomic mass is 32.2. The average Bonchev–Trinajstić information content (AvgIpc) is 3.01. The number of amides is 1. The Morgan fingerprint density at radius 2 is 1.76 bits per heavy atom. The van der Waals surface area contributed by atoms with Crippen molar-refractivity contribution in [2.45, 2.75) is 33.1 Å². The molecule has 0 spiro atoms. The highest BCUT2D eigenvalue weighted by Gasteiger charge is 2.23. The zero-order chi connectivity index (χ0) is 21.0. The van der Waals surface area contributed by atoms with Gasteiger partial charge < -0.3 is 10.1 Å². The molecule has 3 rings (SSSR count). The van der Waals surface area contributed by atoms with Crippen LogP contribution in [0.25, 0.3) is 6.08 Å². The number of hydrogen-bond acceptors (Lipinski definition) is 5. The number of aliphatic imine (C=N–C) groups is 1. The van der Waals surface area contributed by atoms with E-state index >= 15 is 0 Å². The van der Waals surface area contributed by atoms with Gasteiger partial charge in [-0.1, -0.05) is 45.0 Å². The van der Waals surface area contributed by atoms with E-state index in [4.69, 9.17) is 4.74 Å². The summed E-state index contributed by atoms with van der Waals surface area (Å²) in [5, 5.41) is 2.62. The maximum atomic E-state index is 11.9. The minimum Gasteiger partial charge on any atom is -0.462 e. The molecule has 0 bridgehead atoms. The number of esters is 1. The van der Waals surface area contributed by atoms with E-state index in [1.165, 1.54) is 5.56 Å². The van der Waals surface area contributed by atoms with Gasteiger partial charge in [0.1, 0.15) is 5.84 Å². The fourth-order valence-electron chi connectivity index (χ4n) is 2.76. The average molecular weight is 409 g/mol. The predicted molar refractivity (Wildman–Crippen MR) is 119 cm³/mol. The standard InChI is InChI=1S/C23H24N2O3S/c1-5-28-21(26)16-8-12-18(13-9-16)24-20-19(29-22(27)25-20)14-15-6-10-17(11-7-15)23(2,3)4/h6-14H,5H2,1-4H3,(H,24,25,27)/b19-14-. The molecule has 2 aromatic rings. The molecule has 1 saturated heterocycles. The van der Waals surface area contributed by atoms with Crippen molar-refractivity contribution in [1.29, 1.82) is 0 Å². The van der Waals surface area contributed by atoms with Crippen molar-refractivity contribution in [3.63, 3.8) is 0 Å². The largest absolute Gasteiger partial charge is 0.462 e. The lowest BCUT2D eigenvalue weighted by atomic mass is 9.87. The quantitative estimate of drug-likeness (QED) is 0.660. The molecule has 150 valence electrons. The number of thioether (sulfide) groups is 1. The van der Waals surface area contributed by atoms with Gasteiger partial charge in [0.15, 0.2) is 0 Å². The van der Waals surface area contributed by atoms with E-state index in [1.54, 1.807) is 31.2 Å². The fraction of sp³-hybridized carbons (Fsp3) is 0.261. The summed E-state index contributed by atoms with van der Waals surface area (Å²) in [5.74, 6) is 0.138. The minimum atomic E-state index is -0.365.